The van der Waals surface area contributed by atoms with Crippen LogP contribution in [0.2, 0.25) is 0 Å². The maximum atomic E-state index is 11.8. The van der Waals surface area contributed by atoms with Crippen LogP contribution >= 0.6 is 0 Å². The van der Waals surface area contributed by atoms with Crippen molar-refractivity contribution in [3.8, 4) is 0 Å². The molecule has 1 atom stereocenters. The first kappa shape index (κ1) is 20.3. The van der Waals surface area contributed by atoms with E-state index in [9.17, 15) is 4.79 Å². The number of methoxy groups -OCH3 is 1. The minimum atomic E-state index is -0.0417. The summed E-state index contributed by atoms with van der Waals surface area (Å²) in [7, 11) is 5.11. The molecule has 2 rings (SSSR count). The number of hydrogen-bond donors (Lipinski definition) is 2. The van der Waals surface area contributed by atoms with E-state index >= 15 is 0 Å². The summed E-state index contributed by atoms with van der Waals surface area (Å²) in [5, 5.41) is 6.55. The molecule has 1 aromatic rings. The molecular weight excluding hydrogens is 334 g/mol. The number of likely N-dealkylation sites (tertiary alicyclic amines) is 1. The lowest BCUT2D eigenvalue weighted by Gasteiger charge is -2.26. The average Bonchev–Trinajstić information content (AvgIpc) is 3.33. The summed E-state index contributed by atoms with van der Waals surface area (Å²) < 4.78 is 10.7. The summed E-state index contributed by atoms with van der Waals surface area (Å²) in [5.74, 6) is 1.51. The van der Waals surface area contributed by atoms with Crippen LogP contribution < -0.4 is 10.6 Å². The number of nitrogens with one attached hydrogen (secondary N) is 2. The Morgan fingerprint density at radius 2 is 2.15 bits per heavy atom. The van der Waals surface area contributed by atoms with Gasteiger partial charge in [-0.15, -0.1) is 0 Å². The van der Waals surface area contributed by atoms with Gasteiger partial charge in [0.05, 0.1) is 18.9 Å². The Labute approximate surface area is 155 Å². The van der Waals surface area contributed by atoms with Crippen LogP contribution in [0, 0.1) is 0 Å². The standard InChI is InChI=1S/C18H31N5O3/c1-22(2)17(24)14-21-18(19-8-12-25-3)20-13-15(16-7-6-11-26-16)23-9-4-5-10-23/h6-7,11,15H,4-5,8-10,12-14H2,1-3H3,(H2,19,20,21). The lowest BCUT2D eigenvalue weighted by molar-refractivity contribution is -0.127. The van der Waals surface area contributed by atoms with Gasteiger partial charge in [-0.05, 0) is 38.1 Å². The highest BCUT2D eigenvalue weighted by atomic mass is 16.5. The molecule has 0 aliphatic carbocycles. The second-order valence-corrected chi connectivity index (χ2v) is 6.53. The molecule has 1 aliphatic heterocycles. The number of likely N-dealkylation sites (N-methyl/N-ethyl adjacent to an activating group) is 1. The van der Waals surface area contributed by atoms with Gasteiger partial charge < -0.3 is 24.7 Å². The number of hydrogen-bond acceptors (Lipinski definition) is 5. The molecule has 146 valence electrons. The number of carbonyl (C=O) groups is 1. The molecule has 0 saturated carbocycles. The number of amides is 1. The third kappa shape index (κ3) is 6.34. The molecule has 1 fully saturated rings. The first-order valence-corrected chi connectivity index (χ1v) is 9.10. The van der Waals surface area contributed by atoms with Crippen molar-refractivity contribution >= 4 is 11.9 Å². The summed E-state index contributed by atoms with van der Waals surface area (Å²) in [6.07, 6.45) is 4.13. The van der Waals surface area contributed by atoms with Crippen molar-refractivity contribution in [1.29, 1.82) is 0 Å². The zero-order chi connectivity index (χ0) is 18.8. The van der Waals surface area contributed by atoms with E-state index in [2.05, 4.69) is 20.5 Å². The summed E-state index contributed by atoms with van der Waals surface area (Å²) in [4.78, 5) is 20.2. The van der Waals surface area contributed by atoms with Gasteiger partial charge in [0.2, 0.25) is 5.91 Å². The average molecular weight is 365 g/mol. The van der Waals surface area contributed by atoms with Crippen LogP contribution in [-0.2, 0) is 9.53 Å². The molecule has 26 heavy (non-hydrogen) atoms. The third-order valence-corrected chi connectivity index (χ3v) is 4.39. The zero-order valence-electron chi connectivity index (χ0n) is 16.0. The van der Waals surface area contributed by atoms with Gasteiger partial charge in [-0.1, -0.05) is 0 Å². The molecular formula is C18H31N5O3. The third-order valence-electron chi connectivity index (χ3n) is 4.39. The van der Waals surface area contributed by atoms with Crippen LogP contribution in [0.1, 0.15) is 24.6 Å². The number of rotatable bonds is 9. The minimum absolute atomic E-state index is 0.0417. The van der Waals surface area contributed by atoms with Crippen LogP contribution in [0.3, 0.4) is 0 Å². The van der Waals surface area contributed by atoms with Gasteiger partial charge >= 0.3 is 0 Å². The van der Waals surface area contributed by atoms with Crippen LogP contribution in [0.4, 0.5) is 0 Å². The number of aliphatic imine (C=N–C) groups is 1. The van der Waals surface area contributed by atoms with Crippen LogP contribution in [0.25, 0.3) is 0 Å². The number of guanidine groups is 1. The zero-order valence-corrected chi connectivity index (χ0v) is 16.0. The molecule has 1 amide bonds. The van der Waals surface area contributed by atoms with Crippen molar-refractivity contribution in [1.82, 2.24) is 20.4 Å². The van der Waals surface area contributed by atoms with Gasteiger partial charge in [0.15, 0.2) is 5.96 Å². The van der Waals surface area contributed by atoms with Crippen LogP contribution in [0.5, 0.6) is 0 Å². The summed E-state index contributed by atoms with van der Waals surface area (Å²) in [5.41, 5.74) is 0. The molecule has 1 aliphatic rings. The fraction of sp³-hybridized carbons (Fsp3) is 0.667. The van der Waals surface area contributed by atoms with Gasteiger partial charge in [-0.3, -0.25) is 9.69 Å². The van der Waals surface area contributed by atoms with E-state index in [4.69, 9.17) is 9.15 Å². The smallest absolute Gasteiger partial charge is 0.243 e. The summed E-state index contributed by atoms with van der Waals surface area (Å²) >= 11 is 0. The first-order chi connectivity index (χ1) is 12.6. The molecule has 2 N–H and O–H groups in total. The van der Waals surface area contributed by atoms with E-state index in [-0.39, 0.29) is 18.5 Å². The largest absolute Gasteiger partial charge is 0.468 e. The van der Waals surface area contributed by atoms with Crippen molar-refractivity contribution in [3.63, 3.8) is 0 Å². The van der Waals surface area contributed by atoms with E-state index in [1.165, 1.54) is 17.7 Å². The predicted octanol–water partition coefficient (Wildman–Crippen LogP) is 0.686. The molecule has 0 spiro atoms. The molecule has 8 heteroatoms. The number of carbonyl (C=O) groups excluding carboxylic acids is 1. The maximum absolute atomic E-state index is 11.8. The monoisotopic (exact) mass is 365 g/mol. The molecule has 0 aromatic carbocycles. The van der Waals surface area contributed by atoms with Gasteiger partial charge in [0.1, 0.15) is 12.3 Å². The fourth-order valence-corrected chi connectivity index (χ4v) is 2.87. The summed E-state index contributed by atoms with van der Waals surface area (Å²) in [6, 6.07) is 4.07. The molecule has 1 unspecified atom stereocenters. The summed E-state index contributed by atoms with van der Waals surface area (Å²) in [6.45, 7) is 4.07. The highest BCUT2D eigenvalue weighted by Gasteiger charge is 2.25. The molecule has 0 radical (unpaired) electrons. The highest BCUT2D eigenvalue weighted by Crippen LogP contribution is 2.24. The second-order valence-electron chi connectivity index (χ2n) is 6.53. The van der Waals surface area contributed by atoms with Crippen molar-refractivity contribution in [3.05, 3.63) is 24.2 Å². The van der Waals surface area contributed by atoms with E-state index in [1.807, 2.05) is 12.1 Å². The minimum Gasteiger partial charge on any atom is -0.468 e. The van der Waals surface area contributed by atoms with E-state index in [0.29, 0.717) is 25.7 Å². The number of furan rings is 1. The molecule has 1 saturated heterocycles. The Kier molecular flexibility index (Phi) is 8.43. The fourth-order valence-electron chi connectivity index (χ4n) is 2.87. The number of nitrogens with zero attached hydrogens (tertiary/aromatic N) is 3. The topological polar surface area (TPSA) is 82.3 Å². The highest BCUT2D eigenvalue weighted by molar-refractivity contribution is 5.84. The maximum Gasteiger partial charge on any atom is 0.243 e. The van der Waals surface area contributed by atoms with E-state index < -0.39 is 0 Å². The van der Waals surface area contributed by atoms with E-state index in [0.717, 1.165) is 18.8 Å². The second kappa shape index (κ2) is 10.8. The van der Waals surface area contributed by atoms with E-state index in [1.54, 1.807) is 27.5 Å². The lowest BCUT2D eigenvalue weighted by atomic mass is 10.2. The Hall–Kier alpha value is -2.06. The normalized spacial score (nSPS) is 16.5. The van der Waals surface area contributed by atoms with Crippen molar-refractivity contribution in [2.24, 2.45) is 4.99 Å². The Balaban J connectivity index is 1.99. The van der Waals surface area contributed by atoms with Crippen molar-refractivity contribution in [2.75, 3.05) is 60.5 Å². The predicted molar refractivity (Wildman–Crippen MR) is 101 cm³/mol. The van der Waals surface area contributed by atoms with Gasteiger partial charge in [0, 0.05) is 34.3 Å². The molecule has 1 aromatic heterocycles. The molecule has 0 bridgehead atoms. The first-order valence-electron chi connectivity index (χ1n) is 9.10. The van der Waals surface area contributed by atoms with Gasteiger partial charge in [-0.25, -0.2) is 4.99 Å². The van der Waals surface area contributed by atoms with Crippen LogP contribution in [-0.4, -0.2) is 82.2 Å². The SMILES string of the molecule is COCCNC(=NCC(=O)N(C)C)NCC(c1ccco1)N1CCCC1. The Morgan fingerprint density at radius 3 is 2.77 bits per heavy atom. The Bertz CT molecular complexity index is 553. The van der Waals surface area contributed by atoms with Gasteiger partial charge in [-0.2, -0.15) is 0 Å². The quantitative estimate of drug-likeness (QED) is 0.381. The molecule has 2 heterocycles. The Morgan fingerprint density at radius 1 is 1.38 bits per heavy atom. The number of ether oxygens (including phenoxy) is 1. The molecule has 8 nitrogen and oxygen atoms in total. The lowest BCUT2D eigenvalue weighted by Crippen LogP contribution is -2.44. The van der Waals surface area contributed by atoms with Gasteiger partial charge in [0.25, 0.3) is 0 Å². The van der Waals surface area contributed by atoms with Crippen molar-refractivity contribution < 1.29 is 13.9 Å². The van der Waals surface area contributed by atoms with Crippen molar-refractivity contribution in [2.45, 2.75) is 18.9 Å². The van der Waals surface area contributed by atoms with Crippen LogP contribution in [0.15, 0.2) is 27.8 Å².